The van der Waals surface area contributed by atoms with Crippen LogP contribution in [0.3, 0.4) is 0 Å². The fourth-order valence-corrected chi connectivity index (χ4v) is 7.76. The molecule has 0 aliphatic carbocycles. The third-order valence-electron chi connectivity index (χ3n) is 11.1. The summed E-state index contributed by atoms with van der Waals surface area (Å²) < 4.78 is 0. The van der Waals surface area contributed by atoms with Gasteiger partial charge in [-0.15, -0.1) is 0 Å². The van der Waals surface area contributed by atoms with Crippen LogP contribution >= 0.6 is 0 Å². The quantitative estimate of drug-likeness (QED) is 0.0480. The van der Waals surface area contributed by atoms with Crippen LogP contribution in [0.25, 0.3) is 0 Å². The van der Waals surface area contributed by atoms with Crippen LogP contribution in [-0.2, 0) is 38.5 Å². The summed E-state index contributed by atoms with van der Waals surface area (Å²) in [5, 5.41) is 0. The van der Waals surface area contributed by atoms with Crippen molar-refractivity contribution in [2.75, 3.05) is 11.5 Å². The van der Waals surface area contributed by atoms with Crippen molar-refractivity contribution >= 4 is 11.4 Å². The molecule has 0 bridgehead atoms. The standard InChI is InChI=1S/C50H72N2/c1-3-5-21-47-39-43(37-41-27-33-49(51)34-28-41)25-31-45(47)23-19-17-15-13-11-9-7-8-10-12-14-16-18-20-24-46-32-26-44(40-48(46)22-6-4-2)38-42-29-35-50(52)36-30-42/h25-36,39-40H,3-24,37-38,51-52H2,1-2H3. The van der Waals surface area contributed by atoms with Crippen LogP contribution in [-0.4, -0.2) is 0 Å². The molecule has 0 atom stereocenters. The molecule has 0 saturated carbocycles. The highest BCUT2D eigenvalue weighted by Gasteiger charge is 2.08. The number of unbranched alkanes of at least 4 members (excludes halogenated alkanes) is 15. The molecule has 0 aliphatic heterocycles. The fraction of sp³-hybridized carbons (Fsp3) is 0.520. The van der Waals surface area contributed by atoms with Crippen LogP contribution in [0.4, 0.5) is 11.4 Å². The molecule has 0 spiro atoms. The Balaban J connectivity index is 1.00. The molecule has 4 rings (SSSR count). The maximum absolute atomic E-state index is 5.89. The third-order valence-corrected chi connectivity index (χ3v) is 11.1. The maximum atomic E-state index is 5.89. The number of nitrogens with two attached hydrogens (primary N) is 2. The molecule has 4 aromatic rings. The van der Waals surface area contributed by atoms with E-state index in [1.807, 2.05) is 24.3 Å². The molecule has 2 nitrogen and oxygen atoms in total. The molecule has 0 fully saturated rings. The van der Waals surface area contributed by atoms with E-state index in [2.05, 4.69) is 74.5 Å². The van der Waals surface area contributed by atoms with Gasteiger partial charge in [0.25, 0.3) is 0 Å². The van der Waals surface area contributed by atoms with E-state index in [0.717, 1.165) is 24.2 Å². The minimum absolute atomic E-state index is 0.840. The van der Waals surface area contributed by atoms with Crippen LogP contribution in [0, 0.1) is 0 Å². The summed E-state index contributed by atoms with van der Waals surface area (Å²) in [5.74, 6) is 0. The highest BCUT2D eigenvalue weighted by atomic mass is 14.5. The summed E-state index contributed by atoms with van der Waals surface area (Å²) in [6.07, 6.45) is 31.5. The molecule has 4 N–H and O–H groups in total. The van der Waals surface area contributed by atoms with Gasteiger partial charge in [0.05, 0.1) is 0 Å². The number of aryl methyl sites for hydroxylation is 4. The molecule has 2 heteroatoms. The van der Waals surface area contributed by atoms with Gasteiger partial charge in [-0.25, -0.2) is 0 Å². The third kappa shape index (κ3) is 16.0. The smallest absolute Gasteiger partial charge is 0.0314 e. The Morgan fingerprint density at radius 3 is 0.923 bits per heavy atom. The highest BCUT2D eigenvalue weighted by molar-refractivity contribution is 5.43. The van der Waals surface area contributed by atoms with E-state index in [4.69, 9.17) is 11.5 Å². The zero-order chi connectivity index (χ0) is 36.6. The van der Waals surface area contributed by atoms with Crippen molar-refractivity contribution < 1.29 is 0 Å². The normalized spacial score (nSPS) is 11.3. The zero-order valence-electron chi connectivity index (χ0n) is 33.2. The number of hydrogen-bond donors (Lipinski definition) is 2. The van der Waals surface area contributed by atoms with Crippen LogP contribution in [0.2, 0.25) is 0 Å². The molecule has 0 unspecified atom stereocenters. The minimum atomic E-state index is 0.840. The van der Waals surface area contributed by atoms with Gasteiger partial charge in [-0.1, -0.05) is 164 Å². The predicted molar refractivity (Wildman–Crippen MR) is 229 cm³/mol. The first-order valence-electron chi connectivity index (χ1n) is 21.4. The van der Waals surface area contributed by atoms with Gasteiger partial charge in [0.1, 0.15) is 0 Å². The second-order valence-electron chi connectivity index (χ2n) is 15.7. The van der Waals surface area contributed by atoms with E-state index in [-0.39, 0.29) is 0 Å². The molecule has 4 aromatic carbocycles. The first-order chi connectivity index (χ1) is 25.5. The topological polar surface area (TPSA) is 52.0 Å². The van der Waals surface area contributed by atoms with E-state index in [1.54, 1.807) is 22.3 Å². The second kappa shape index (κ2) is 24.7. The lowest BCUT2D eigenvalue weighted by Gasteiger charge is -2.13. The van der Waals surface area contributed by atoms with Gasteiger partial charge in [0, 0.05) is 11.4 Å². The number of benzene rings is 4. The summed E-state index contributed by atoms with van der Waals surface area (Å²) in [7, 11) is 0. The summed E-state index contributed by atoms with van der Waals surface area (Å²) >= 11 is 0. The lowest BCUT2D eigenvalue weighted by Crippen LogP contribution is -1.99. The summed E-state index contributed by atoms with van der Waals surface area (Å²) in [6.45, 7) is 4.60. The lowest BCUT2D eigenvalue weighted by atomic mass is 9.93. The van der Waals surface area contributed by atoms with Crippen LogP contribution in [0.1, 0.15) is 174 Å². The van der Waals surface area contributed by atoms with E-state index in [1.165, 1.54) is 164 Å². The van der Waals surface area contributed by atoms with Crippen molar-refractivity contribution in [2.24, 2.45) is 0 Å². The molecular formula is C50H72N2. The Labute approximate surface area is 319 Å². The lowest BCUT2D eigenvalue weighted by molar-refractivity contribution is 0.533. The fourth-order valence-electron chi connectivity index (χ4n) is 7.76. The Hall–Kier alpha value is -3.52. The Bertz CT molecular complexity index is 1400. The average Bonchev–Trinajstić information content (AvgIpc) is 3.16. The van der Waals surface area contributed by atoms with E-state index in [0.29, 0.717) is 0 Å². The van der Waals surface area contributed by atoms with Gasteiger partial charge in [-0.05, 0) is 133 Å². The first kappa shape index (κ1) is 41.2. The van der Waals surface area contributed by atoms with Gasteiger partial charge in [0.2, 0.25) is 0 Å². The molecule has 0 radical (unpaired) electrons. The SMILES string of the molecule is CCCCc1cc(Cc2ccc(N)cc2)ccc1CCCCCCCCCCCCCCCCc1ccc(Cc2ccc(N)cc2)cc1CCCC. The van der Waals surface area contributed by atoms with Crippen molar-refractivity contribution in [3.63, 3.8) is 0 Å². The summed E-state index contributed by atoms with van der Waals surface area (Å²) in [5.41, 5.74) is 25.3. The van der Waals surface area contributed by atoms with Gasteiger partial charge >= 0.3 is 0 Å². The Kier molecular flexibility index (Phi) is 19.6. The summed E-state index contributed by atoms with van der Waals surface area (Å²) in [6, 6.07) is 31.2. The van der Waals surface area contributed by atoms with Crippen LogP contribution in [0.15, 0.2) is 84.9 Å². The van der Waals surface area contributed by atoms with Crippen molar-refractivity contribution in [3.05, 3.63) is 129 Å². The Morgan fingerprint density at radius 2 is 0.596 bits per heavy atom. The van der Waals surface area contributed by atoms with Crippen molar-refractivity contribution in [1.29, 1.82) is 0 Å². The molecular weight excluding hydrogens is 629 g/mol. The van der Waals surface area contributed by atoms with E-state index in [9.17, 15) is 0 Å². The molecule has 0 aromatic heterocycles. The number of anilines is 2. The van der Waals surface area contributed by atoms with Gasteiger partial charge < -0.3 is 11.5 Å². The zero-order valence-corrected chi connectivity index (χ0v) is 33.2. The van der Waals surface area contributed by atoms with Gasteiger partial charge in [0.15, 0.2) is 0 Å². The predicted octanol–water partition coefficient (Wildman–Crippen LogP) is 14.0. The second-order valence-corrected chi connectivity index (χ2v) is 15.7. The minimum Gasteiger partial charge on any atom is -0.399 e. The monoisotopic (exact) mass is 701 g/mol. The molecule has 52 heavy (non-hydrogen) atoms. The van der Waals surface area contributed by atoms with Crippen molar-refractivity contribution in [2.45, 2.75) is 168 Å². The summed E-state index contributed by atoms with van der Waals surface area (Å²) in [4.78, 5) is 0. The molecule has 0 heterocycles. The van der Waals surface area contributed by atoms with Gasteiger partial charge in [-0.3, -0.25) is 0 Å². The number of nitrogen functional groups attached to an aromatic ring is 2. The first-order valence-corrected chi connectivity index (χ1v) is 21.4. The molecule has 0 amide bonds. The Morgan fingerprint density at radius 1 is 0.308 bits per heavy atom. The maximum Gasteiger partial charge on any atom is 0.0314 e. The van der Waals surface area contributed by atoms with Crippen LogP contribution < -0.4 is 11.5 Å². The largest absolute Gasteiger partial charge is 0.399 e. The van der Waals surface area contributed by atoms with Gasteiger partial charge in [-0.2, -0.15) is 0 Å². The average molecular weight is 701 g/mol. The van der Waals surface area contributed by atoms with E-state index >= 15 is 0 Å². The van der Waals surface area contributed by atoms with Crippen molar-refractivity contribution in [3.8, 4) is 0 Å². The molecule has 0 saturated heterocycles. The van der Waals surface area contributed by atoms with Crippen molar-refractivity contribution in [1.82, 2.24) is 0 Å². The number of hydrogen-bond acceptors (Lipinski definition) is 2. The number of rotatable bonds is 27. The highest BCUT2D eigenvalue weighted by Crippen LogP contribution is 2.23. The molecule has 282 valence electrons. The van der Waals surface area contributed by atoms with E-state index < -0.39 is 0 Å². The van der Waals surface area contributed by atoms with Crippen LogP contribution in [0.5, 0.6) is 0 Å². The molecule has 0 aliphatic rings.